The minimum Gasteiger partial charge on any atom is -0.481 e. The Kier molecular flexibility index (Phi) is 26.2. The van der Waals surface area contributed by atoms with E-state index in [0.29, 0.717) is 12.8 Å². The van der Waals surface area contributed by atoms with Crippen LogP contribution in [0.3, 0.4) is 0 Å². The normalized spacial score (nSPS) is 13.1. The first kappa shape index (κ1) is 34.9. The van der Waals surface area contributed by atoms with Crippen LogP contribution in [0, 0.1) is 11.8 Å². The van der Waals surface area contributed by atoms with Gasteiger partial charge >= 0.3 is 11.9 Å². The quantitative estimate of drug-likeness (QED) is 0.0981. The van der Waals surface area contributed by atoms with Gasteiger partial charge in [-0.25, -0.2) is 0 Å². The average Bonchev–Trinajstić information content (AvgIpc) is 2.85. The molecule has 0 aliphatic heterocycles. The first-order chi connectivity index (χ1) is 17.5. The summed E-state index contributed by atoms with van der Waals surface area (Å²) >= 11 is 0. The second kappa shape index (κ2) is 27.0. The predicted octanol–water partition coefficient (Wildman–Crippen LogP) is 10.6. The first-order valence-electron chi connectivity index (χ1n) is 16.0. The molecule has 0 bridgehead atoms. The molecule has 4 heteroatoms. The van der Waals surface area contributed by atoms with Crippen LogP contribution in [0.5, 0.6) is 0 Å². The Morgan fingerprint density at radius 2 is 0.583 bits per heavy atom. The van der Waals surface area contributed by atoms with Gasteiger partial charge in [-0.2, -0.15) is 0 Å². The second-order valence-electron chi connectivity index (χ2n) is 11.2. The fourth-order valence-corrected chi connectivity index (χ4v) is 5.40. The van der Waals surface area contributed by atoms with Crippen molar-refractivity contribution in [1.29, 1.82) is 0 Å². The molecular formula is C32H62O4. The van der Waals surface area contributed by atoms with E-state index in [4.69, 9.17) is 0 Å². The van der Waals surface area contributed by atoms with E-state index in [1.54, 1.807) is 0 Å². The van der Waals surface area contributed by atoms with E-state index in [9.17, 15) is 19.8 Å². The number of carboxylic acid groups (broad SMARTS) is 2. The lowest BCUT2D eigenvalue weighted by Crippen LogP contribution is -2.30. The van der Waals surface area contributed by atoms with Gasteiger partial charge in [0, 0.05) is 0 Å². The molecule has 0 spiro atoms. The lowest BCUT2D eigenvalue weighted by atomic mass is 9.84. The summed E-state index contributed by atoms with van der Waals surface area (Å²) in [5, 5.41) is 19.4. The SMILES string of the molecule is CCCCCCCCCCCCCCC(C(=O)O)C(CCCCCCCCCCCCCC)C(=O)O. The van der Waals surface area contributed by atoms with Crippen molar-refractivity contribution in [2.45, 2.75) is 181 Å². The molecule has 36 heavy (non-hydrogen) atoms. The summed E-state index contributed by atoms with van der Waals surface area (Å²) in [6, 6.07) is 0. The van der Waals surface area contributed by atoms with E-state index in [1.807, 2.05) is 0 Å². The van der Waals surface area contributed by atoms with Crippen LogP contribution in [-0.4, -0.2) is 22.2 Å². The number of aliphatic carboxylic acids is 2. The Morgan fingerprint density at radius 3 is 0.778 bits per heavy atom. The van der Waals surface area contributed by atoms with Crippen LogP contribution in [0.15, 0.2) is 0 Å². The molecule has 0 aromatic rings. The topological polar surface area (TPSA) is 74.6 Å². The van der Waals surface area contributed by atoms with E-state index < -0.39 is 23.8 Å². The molecule has 0 heterocycles. The molecule has 0 aromatic heterocycles. The Hall–Kier alpha value is -1.06. The highest BCUT2D eigenvalue weighted by Gasteiger charge is 2.32. The van der Waals surface area contributed by atoms with Crippen molar-refractivity contribution < 1.29 is 19.8 Å². The van der Waals surface area contributed by atoms with Gasteiger partial charge in [-0.3, -0.25) is 9.59 Å². The van der Waals surface area contributed by atoms with Gasteiger partial charge in [0.25, 0.3) is 0 Å². The Labute approximate surface area is 224 Å². The Balaban J connectivity index is 3.88. The molecule has 0 saturated carbocycles. The van der Waals surface area contributed by atoms with Crippen molar-refractivity contribution in [2.24, 2.45) is 11.8 Å². The molecule has 2 N–H and O–H groups in total. The summed E-state index contributed by atoms with van der Waals surface area (Å²) in [7, 11) is 0. The average molecular weight is 511 g/mol. The lowest BCUT2D eigenvalue weighted by Gasteiger charge is -2.20. The van der Waals surface area contributed by atoms with Gasteiger partial charge in [-0.05, 0) is 12.8 Å². The largest absolute Gasteiger partial charge is 0.481 e. The van der Waals surface area contributed by atoms with Gasteiger partial charge in [0.15, 0.2) is 0 Å². The van der Waals surface area contributed by atoms with Crippen molar-refractivity contribution in [3.05, 3.63) is 0 Å². The fourth-order valence-electron chi connectivity index (χ4n) is 5.40. The smallest absolute Gasteiger partial charge is 0.307 e. The molecule has 2 atom stereocenters. The summed E-state index contributed by atoms with van der Waals surface area (Å²) in [4.78, 5) is 23.7. The number of hydrogen-bond donors (Lipinski definition) is 2. The lowest BCUT2D eigenvalue weighted by molar-refractivity contribution is -0.154. The standard InChI is InChI=1S/C32H62O4/c1-3-5-7-9-11-13-15-17-19-21-23-25-27-29(31(33)34)30(32(35)36)28-26-24-22-20-18-16-14-12-10-8-6-4-2/h29-30H,3-28H2,1-2H3,(H,33,34)(H,35,36). The third-order valence-corrected chi connectivity index (χ3v) is 7.86. The monoisotopic (exact) mass is 510 g/mol. The molecule has 214 valence electrons. The molecule has 0 saturated heterocycles. The maximum Gasteiger partial charge on any atom is 0.307 e. The molecule has 4 nitrogen and oxygen atoms in total. The van der Waals surface area contributed by atoms with Crippen LogP contribution in [0.1, 0.15) is 181 Å². The molecule has 0 aliphatic rings. The zero-order valence-corrected chi connectivity index (χ0v) is 24.3. The molecule has 0 fully saturated rings. The first-order valence-corrected chi connectivity index (χ1v) is 16.0. The maximum atomic E-state index is 11.8. The van der Waals surface area contributed by atoms with Gasteiger partial charge in [0.1, 0.15) is 0 Å². The number of unbranched alkanes of at least 4 members (excludes halogenated alkanes) is 22. The highest BCUT2D eigenvalue weighted by molar-refractivity contribution is 5.79. The zero-order chi connectivity index (χ0) is 26.7. The van der Waals surface area contributed by atoms with E-state index in [2.05, 4.69) is 13.8 Å². The van der Waals surface area contributed by atoms with Gasteiger partial charge < -0.3 is 10.2 Å². The number of carboxylic acids is 2. The molecule has 0 aromatic carbocycles. The van der Waals surface area contributed by atoms with Gasteiger partial charge in [0.2, 0.25) is 0 Å². The highest BCUT2D eigenvalue weighted by atomic mass is 16.4. The van der Waals surface area contributed by atoms with Crippen LogP contribution in [0.4, 0.5) is 0 Å². The highest BCUT2D eigenvalue weighted by Crippen LogP contribution is 2.26. The Morgan fingerprint density at radius 1 is 0.389 bits per heavy atom. The minimum atomic E-state index is -0.926. The van der Waals surface area contributed by atoms with E-state index in [1.165, 1.54) is 116 Å². The third kappa shape index (κ3) is 22.2. The van der Waals surface area contributed by atoms with Crippen molar-refractivity contribution in [1.82, 2.24) is 0 Å². The van der Waals surface area contributed by atoms with Crippen LogP contribution in [0.2, 0.25) is 0 Å². The number of hydrogen-bond acceptors (Lipinski definition) is 2. The molecule has 0 radical (unpaired) electrons. The van der Waals surface area contributed by atoms with E-state index in [0.717, 1.165) is 38.5 Å². The summed E-state index contributed by atoms with van der Waals surface area (Å²) in [5.74, 6) is -3.33. The molecule has 0 aliphatic carbocycles. The van der Waals surface area contributed by atoms with Crippen LogP contribution < -0.4 is 0 Å². The molecule has 0 amide bonds. The van der Waals surface area contributed by atoms with Gasteiger partial charge in [-0.1, -0.05) is 168 Å². The predicted molar refractivity (Wildman–Crippen MR) is 154 cm³/mol. The van der Waals surface area contributed by atoms with Crippen molar-refractivity contribution in [2.75, 3.05) is 0 Å². The summed E-state index contributed by atoms with van der Waals surface area (Å²) in [6.45, 7) is 4.50. The van der Waals surface area contributed by atoms with E-state index in [-0.39, 0.29) is 0 Å². The zero-order valence-electron chi connectivity index (χ0n) is 24.3. The number of carbonyl (C=O) groups is 2. The maximum absolute atomic E-state index is 11.8. The summed E-state index contributed by atoms with van der Waals surface area (Å²) in [5.41, 5.74) is 0. The van der Waals surface area contributed by atoms with Gasteiger partial charge in [-0.15, -0.1) is 0 Å². The minimum absolute atomic E-state index is 0.502. The van der Waals surface area contributed by atoms with Crippen LogP contribution >= 0.6 is 0 Å². The summed E-state index contributed by atoms with van der Waals surface area (Å²) < 4.78 is 0. The summed E-state index contributed by atoms with van der Waals surface area (Å²) in [6.07, 6.45) is 30.8. The third-order valence-electron chi connectivity index (χ3n) is 7.86. The van der Waals surface area contributed by atoms with Crippen LogP contribution in [0.25, 0.3) is 0 Å². The number of rotatable bonds is 29. The van der Waals surface area contributed by atoms with Crippen molar-refractivity contribution in [3.63, 3.8) is 0 Å². The van der Waals surface area contributed by atoms with Crippen molar-refractivity contribution in [3.8, 4) is 0 Å². The molecular weight excluding hydrogens is 448 g/mol. The molecule has 2 unspecified atom stereocenters. The van der Waals surface area contributed by atoms with Crippen molar-refractivity contribution >= 4 is 11.9 Å². The fraction of sp³-hybridized carbons (Fsp3) is 0.938. The van der Waals surface area contributed by atoms with Crippen LogP contribution in [-0.2, 0) is 9.59 Å². The molecule has 0 rings (SSSR count). The Bertz CT molecular complexity index is 447. The second-order valence-corrected chi connectivity index (χ2v) is 11.2. The van der Waals surface area contributed by atoms with E-state index >= 15 is 0 Å². The van der Waals surface area contributed by atoms with Gasteiger partial charge in [0.05, 0.1) is 11.8 Å².